The van der Waals surface area contributed by atoms with Crippen LogP contribution < -0.4 is 10.6 Å². The molecule has 4 heteroatoms. The average molecular weight is 276 g/mol. The van der Waals surface area contributed by atoms with E-state index in [0.29, 0.717) is 5.25 Å². The summed E-state index contributed by atoms with van der Waals surface area (Å²) in [6, 6.07) is 8.05. The van der Waals surface area contributed by atoms with Gasteiger partial charge in [0, 0.05) is 17.5 Å². The Morgan fingerprint density at radius 2 is 2.21 bits per heavy atom. The Labute approximate surface area is 118 Å². The van der Waals surface area contributed by atoms with Gasteiger partial charge in [-0.25, -0.2) is 0 Å². The molecular weight excluding hydrogens is 256 g/mol. The lowest BCUT2D eigenvalue weighted by molar-refractivity contribution is -0.118. The minimum Gasteiger partial charge on any atom is -0.324 e. The van der Waals surface area contributed by atoms with Crippen molar-refractivity contribution in [3.05, 3.63) is 29.8 Å². The normalized spacial score (nSPS) is 26.6. The van der Waals surface area contributed by atoms with Crippen molar-refractivity contribution < 1.29 is 4.79 Å². The van der Waals surface area contributed by atoms with E-state index in [1.54, 1.807) is 0 Å². The number of hydrogen-bond acceptors (Lipinski definition) is 3. The van der Waals surface area contributed by atoms with Gasteiger partial charge in [-0.2, -0.15) is 11.8 Å². The minimum absolute atomic E-state index is 0.0476. The number of rotatable bonds is 3. The SMILES string of the molecule is O=C1Nc2ccccc2CCC1NCC1CCCS1. The number of nitrogens with one attached hydrogen (secondary N) is 2. The summed E-state index contributed by atoms with van der Waals surface area (Å²) in [5, 5.41) is 7.19. The molecule has 1 aromatic carbocycles. The van der Waals surface area contributed by atoms with Crippen molar-refractivity contribution in [1.82, 2.24) is 5.32 Å². The first-order valence-corrected chi connectivity index (χ1v) is 8.11. The Kier molecular flexibility index (Phi) is 4.09. The van der Waals surface area contributed by atoms with E-state index < -0.39 is 0 Å². The van der Waals surface area contributed by atoms with Crippen LogP contribution in [-0.2, 0) is 11.2 Å². The number of para-hydroxylation sites is 1. The first-order valence-electron chi connectivity index (χ1n) is 7.07. The molecule has 0 aliphatic carbocycles. The summed E-state index contributed by atoms with van der Waals surface area (Å²) >= 11 is 2.03. The second kappa shape index (κ2) is 5.97. The number of hydrogen-bond donors (Lipinski definition) is 2. The molecule has 3 nitrogen and oxygen atoms in total. The molecule has 2 aliphatic rings. The average Bonchev–Trinajstić information content (AvgIpc) is 2.88. The van der Waals surface area contributed by atoms with Crippen molar-refractivity contribution in [2.75, 3.05) is 17.6 Å². The highest BCUT2D eigenvalue weighted by Gasteiger charge is 2.24. The lowest BCUT2D eigenvalue weighted by Gasteiger charge is -2.17. The number of thioether (sulfide) groups is 1. The van der Waals surface area contributed by atoms with Crippen molar-refractivity contribution in [1.29, 1.82) is 0 Å². The van der Waals surface area contributed by atoms with Gasteiger partial charge < -0.3 is 10.6 Å². The molecule has 19 heavy (non-hydrogen) atoms. The van der Waals surface area contributed by atoms with Crippen LogP contribution in [0.25, 0.3) is 0 Å². The third-order valence-corrected chi connectivity index (χ3v) is 5.31. The van der Waals surface area contributed by atoms with E-state index in [2.05, 4.69) is 16.7 Å². The Bertz CT molecular complexity index is 457. The molecule has 2 N–H and O–H groups in total. The quantitative estimate of drug-likeness (QED) is 0.891. The van der Waals surface area contributed by atoms with Crippen molar-refractivity contribution in [2.24, 2.45) is 0 Å². The van der Waals surface area contributed by atoms with Crippen molar-refractivity contribution in [3.63, 3.8) is 0 Å². The number of amides is 1. The van der Waals surface area contributed by atoms with Crippen molar-refractivity contribution in [2.45, 2.75) is 37.0 Å². The molecule has 0 spiro atoms. The van der Waals surface area contributed by atoms with E-state index in [0.717, 1.165) is 25.1 Å². The van der Waals surface area contributed by atoms with E-state index >= 15 is 0 Å². The highest BCUT2D eigenvalue weighted by Crippen LogP contribution is 2.26. The third-order valence-electron chi connectivity index (χ3n) is 3.91. The van der Waals surface area contributed by atoms with Crippen LogP contribution in [0.5, 0.6) is 0 Å². The van der Waals surface area contributed by atoms with Gasteiger partial charge >= 0.3 is 0 Å². The molecule has 1 amide bonds. The van der Waals surface area contributed by atoms with Gasteiger partial charge in [0.2, 0.25) is 5.91 Å². The number of benzene rings is 1. The van der Waals surface area contributed by atoms with E-state index in [1.165, 1.54) is 24.2 Å². The van der Waals surface area contributed by atoms with Crippen LogP contribution >= 0.6 is 11.8 Å². The number of aryl methyl sites for hydroxylation is 1. The summed E-state index contributed by atoms with van der Waals surface area (Å²) in [4.78, 5) is 12.2. The zero-order valence-electron chi connectivity index (χ0n) is 11.0. The molecule has 2 atom stereocenters. The molecule has 1 aromatic rings. The predicted octanol–water partition coefficient (Wildman–Crippen LogP) is 2.43. The Morgan fingerprint density at radius 1 is 1.32 bits per heavy atom. The molecular formula is C15H20N2OS. The monoisotopic (exact) mass is 276 g/mol. The first-order chi connectivity index (χ1) is 9.33. The van der Waals surface area contributed by atoms with Gasteiger partial charge in [-0.3, -0.25) is 4.79 Å². The van der Waals surface area contributed by atoms with Gasteiger partial charge in [0.05, 0.1) is 6.04 Å². The van der Waals surface area contributed by atoms with Crippen LogP contribution in [-0.4, -0.2) is 29.5 Å². The molecule has 102 valence electrons. The van der Waals surface area contributed by atoms with Gasteiger partial charge in [-0.05, 0) is 43.1 Å². The van der Waals surface area contributed by atoms with E-state index in [9.17, 15) is 4.79 Å². The fourth-order valence-electron chi connectivity index (χ4n) is 2.78. The summed E-state index contributed by atoms with van der Waals surface area (Å²) in [6.07, 6.45) is 4.45. The van der Waals surface area contributed by atoms with Crippen LogP contribution in [0.2, 0.25) is 0 Å². The molecule has 0 bridgehead atoms. The van der Waals surface area contributed by atoms with Gasteiger partial charge in [0.1, 0.15) is 0 Å². The smallest absolute Gasteiger partial charge is 0.241 e. The molecule has 0 aromatic heterocycles. The zero-order chi connectivity index (χ0) is 13.1. The van der Waals surface area contributed by atoms with E-state index in [4.69, 9.17) is 0 Å². The molecule has 3 rings (SSSR count). The largest absolute Gasteiger partial charge is 0.324 e. The van der Waals surface area contributed by atoms with Crippen molar-refractivity contribution >= 4 is 23.4 Å². The molecule has 0 radical (unpaired) electrons. The number of carbonyl (C=O) groups is 1. The van der Waals surface area contributed by atoms with Crippen LogP contribution in [0.15, 0.2) is 24.3 Å². The van der Waals surface area contributed by atoms with Crippen molar-refractivity contribution in [3.8, 4) is 0 Å². The lowest BCUT2D eigenvalue weighted by Crippen LogP contribution is -2.42. The first kappa shape index (κ1) is 13.0. The van der Waals surface area contributed by atoms with Gasteiger partial charge in [0.15, 0.2) is 0 Å². The molecule has 1 fully saturated rings. The summed E-state index contributed by atoms with van der Waals surface area (Å²) in [6.45, 7) is 0.957. The lowest BCUT2D eigenvalue weighted by atomic mass is 10.1. The maximum atomic E-state index is 12.2. The van der Waals surface area contributed by atoms with Crippen LogP contribution in [0.1, 0.15) is 24.8 Å². The number of anilines is 1. The fourth-order valence-corrected chi connectivity index (χ4v) is 4.00. The standard InChI is InChI=1S/C15H20N2OS/c18-15-14(16-10-12-5-3-9-19-12)8-7-11-4-1-2-6-13(11)17-15/h1-2,4,6,12,14,16H,3,5,7-10H2,(H,17,18). The fraction of sp³-hybridized carbons (Fsp3) is 0.533. The van der Waals surface area contributed by atoms with E-state index in [1.807, 2.05) is 30.0 Å². The number of carbonyl (C=O) groups excluding carboxylic acids is 1. The maximum absolute atomic E-state index is 12.2. The molecule has 2 aliphatic heterocycles. The zero-order valence-corrected chi connectivity index (χ0v) is 11.8. The second-order valence-electron chi connectivity index (χ2n) is 5.28. The minimum atomic E-state index is -0.0476. The van der Waals surface area contributed by atoms with Gasteiger partial charge in [0.25, 0.3) is 0 Å². The van der Waals surface area contributed by atoms with E-state index in [-0.39, 0.29) is 11.9 Å². The predicted molar refractivity (Wildman–Crippen MR) is 80.7 cm³/mol. The second-order valence-corrected chi connectivity index (χ2v) is 6.69. The summed E-state index contributed by atoms with van der Waals surface area (Å²) in [5.41, 5.74) is 2.22. The Balaban J connectivity index is 1.60. The molecule has 0 saturated carbocycles. The van der Waals surface area contributed by atoms with Crippen LogP contribution in [0, 0.1) is 0 Å². The third kappa shape index (κ3) is 3.12. The Hall–Kier alpha value is -1.00. The highest BCUT2D eigenvalue weighted by atomic mass is 32.2. The summed E-state index contributed by atoms with van der Waals surface area (Å²) < 4.78 is 0. The summed E-state index contributed by atoms with van der Waals surface area (Å²) in [7, 11) is 0. The van der Waals surface area contributed by atoms with Gasteiger partial charge in [-0.1, -0.05) is 18.2 Å². The highest BCUT2D eigenvalue weighted by molar-refractivity contribution is 8.00. The van der Waals surface area contributed by atoms with Crippen LogP contribution in [0.4, 0.5) is 5.69 Å². The van der Waals surface area contributed by atoms with Gasteiger partial charge in [-0.15, -0.1) is 0 Å². The molecule has 1 saturated heterocycles. The molecule has 2 unspecified atom stereocenters. The van der Waals surface area contributed by atoms with Crippen LogP contribution in [0.3, 0.4) is 0 Å². The summed E-state index contributed by atoms with van der Waals surface area (Å²) in [5.74, 6) is 1.39. The maximum Gasteiger partial charge on any atom is 0.241 e. The topological polar surface area (TPSA) is 41.1 Å². The Morgan fingerprint density at radius 3 is 3.05 bits per heavy atom. The number of fused-ring (bicyclic) bond motifs is 1. The molecule has 2 heterocycles.